The molecule has 0 aromatic heterocycles. The number of hydrogen-bond acceptors (Lipinski definition) is 2. The van der Waals surface area contributed by atoms with Gasteiger partial charge in [0.15, 0.2) is 0 Å². The molecule has 0 atom stereocenters. The lowest BCUT2D eigenvalue weighted by Gasteiger charge is -2.02. The van der Waals surface area contributed by atoms with E-state index in [4.69, 9.17) is 0 Å². The SMILES string of the molecule is CC(=O)CC/C=C(\C)CC/C=C(\C)CC/C=C(\C)CCC=C(C)C.CC(=O)CC/C=C(\C)CC/C=C(\C)CC/C=C(\C)CCC=C(C)C. The number of Topliss-reactive ketones (excluding diaryl/α,β-unsaturated/α-hetero) is 2. The molecule has 2 nitrogen and oxygen atoms in total. The van der Waals surface area contributed by atoms with Crippen LogP contribution in [-0.2, 0) is 9.59 Å². The maximum Gasteiger partial charge on any atom is 0.130 e. The monoisotopic (exact) mass is 661 g/mol. The zero-order valence-corrected chi connectivity index (χ0v) is 33.7. The molecular formula is C46H76O2. The van der Waals surface area contributed by atoms with Gasteiger partial charge in [0.1, 0.15) is 11.6 Å². The summed E-state index contributed by atoms with van der Waals surface area (Å²) in [7, 11) is 0. The molecule has 0 saturated heterocycles. The summed E-state index contributed by atoms with van der Waals surface area (Å²) in [5, 5.41) is 0. The van der Waals surface area contributed by atoms with Crippen molar-refractivity contribution in [1.82, 2.24) is 0 Å². The molecule has 0 saturated carbocycles. The molecule has 0 aliphatic heterocycles. The van der Waals surface area contributed by atoms with Crippen molar-refractivity contribution in [2.45, 2.75) is 186 Å². The molecule has 0 aliphatic carbocycles. The molecule has 0 aromatic carbocycles. The maximum atomic E-state index is 10.9. The Kier molecular flexibility index (Phi) is 31.1. The molecule has 2 heteroatoms. The number of allylic oxidation sites excluding steroid dienone is 16. The first-order valence-electron chi connectivity index (χ1n) is 18.8. The molecule has 0 unspecified atom stereocenters. The molecule has 0 spiro atoms. The molecular weight excluding hydrogens is 585 g/mol. The van der Waals surface area contributed by atoms with Crippen molar-refractivity contribution in [3.63, 3.8) is 0 Å². The molecule has 0 rings (SSSR count). The number of ketones is 2. The minimum atomic E-state index is 0.277. The van der Waals surface area contributed by atoms with E-state index in [0.717, 1.165) is 77.0 Å². The van der Waals surface area contributed by atoms with Gasteiger partial charge in [-0.1, -0.05) is 93.2 Å². The maximum absolute atomic E-state index is 10.9. The van der Waals surface area contributed by atoms with Gasteiger partial charge < -0.3 is 9.59 Å². The normalized spacial score (nSPS) is 13.2. The van der Waals surface area contributed by atoms with E-state index in [2.05, 4.69) is 118 Å². The van der Waals surface area contributed by atoms with Crippen molar-refractivity contribution in [3.8, 4) is 0 Å². The van der Waals surface area contributed by atoms with E-state index in [-0.39, 0.29) is 11.6 Å². The first-order chi connectivity index (χ1) is 22.6. The molecule has 0 radical (unpaired) electrons. The van der Waals surface area contributed by atoms with Crippen molar-refractivity contribution in [1.29, 1.82) is 0 Å². The predicted octanol–water partition coefficient (Wildman–Crippen LogP) is 15.0. The van der Waals surface area contributed by atoms with Gasteiger partial charge in [-0.05, 0) is 173 Å². The van der Waals surface area contributed by atoms with Crippen LogP contribution in [0.2, 0.25) is 0 Å². The van der Waals surface area contributed by atoms with Crippen LogP contribution in [0.3, 0.4) is 0 Å². The van der Waals surface area contributed by atoms with Crippen LogP contribution >= 0.6 is 0 Å². The third kappa shape index (κ3) is 37.7. The standard InChI is InChI=1S/2C23H38O/c2*1-19(2)11-7-12-20(3)13-8-14-21(4)15-9-16-22(5)17-10-18-23(6)24/h2*11,13,15,17H,7-10,12,14,16,18H2,1-6H3/b2*20-13+,21-15+,22-17+. The highest BCUT2D eigenvalue weighted by atomic mass is 16.1. The Balaban J connectivity index is 0. The summed E-state index contributed by atoms with van der Waals surface area (Å²) in [5.41, 5.74) is 11.6. The lowest BCUT2D eigenvalue weighted by atomic mass is 10.0. The zero-order valence-electron chi connectivity index (χ0n) is 33.7. The summed E-state index contributed by atoms with van der Waals surface area (Å²) in [6.45, 7) is 25.3. The highest BCUT2D eigenvalue weighted by Gasteiger charge is 1.97. The molecule has 0 fully saturated rings. The summed E-state index contributed by atoms with van der Waals surface area (Å²) in [6, 6.07) is 0. The first kappa shape index (κ1) is 47.4. The Morgan fingerprint density at radius 3 is 0.604 bits per heavy atom. The zero-order chi connectivity index (χ0) is 36.7. The third-order valence-electron chi connectivity index (χ3n) is 8.29. The number of hydrogen-bond donors (Lipinski definition) is 0. The number of carbonyl (C=O) groups excluding carboxylic acids is 2. The summed E-state index contributed by atoms with van der Waals surface area (Å²) in [4.78, 5) is 21.8. The summed E-state index contributed by atoms with van der Waals surface area (Å²) < 4.78 is 0. The Bertz CT molecular complexity index is 1060. The topological polar surface area (TPSA) is 34.1 Å². The fraction of sp³-hybridized carbons (Fsp3) is 0.609. The lowest BCUT2D eigenvalue weighted by Crippen LogP contribution is -1.87. The second kappa shape index (κ2) is 31.5. The predicted molar refractivity (Wildman–Crippen MR) is 217 cm³/mol. The van der Waals surface area contributed by atoms with Crippen LogP contribution in [0.25, 0.3) is 0 Å². The largest absolute Gasteiger partial charge is 0.300 e. The van der Waals surface area contributed by atoms with Crippen LogP contribution in [-0.4, -0.2) is 11.6 Å². The molecule has 272 valence electrons. The van der Waals surface area contributed by atoms with Crippen LogP contribution in [0.4, 0.5) is 0 Å². The minimum Gasteiger partial charge on any atom is -0.300 e. The van der Waals surface area contributed by atoms with Crippen LogP contribution in [0, 0.1) is 0 Å². The summed E-state index contributed by atoms with van der Waals surface area (Å²) >= 11 is 0. The van der Waals surface area contributed by atoms with Crippen LogP contribution in [0.1, 0.15) is 186 Å². The highest BCUT2D eigenvalue weighted by Crippen LogP contribution is 2.15. The van der Waals surface area contributed by atoms with Gasteiger partial charge in [0.05, 0.1) is 0 Å². The van der Waals surface area contributed by atoms with Gasteiger partial charge >= 0.3 is 0 Å². The van der Waals surface area contributed by atoms with Gasteiger partial charge in [0, 0.05) is 12.8 Å². The molecule has 0 heterocycles. The van der Waals surface area contributed by atoms with Gasteiger partial charge in [-0.3, -0.25) is 0 Å². The van der Waals surface area contributed by atoms with Crippen LogP contribution in [0.5, 0.6) is 0 Å². The quantitative estimate of drug-likeness (QED) is 0.0966. The van der Waals surface area contributed by atoms with Crippen molar-refractivity contribution in [2.75, 3.05) is 0 Å². The fourth-order valence-electron chi connectivity index (χ4n) is 5.02. The molecule has 0 aliphatic rings. The van der Waals surface area contributed by atoms with Gasteiger partial charge in [-0.2, -0.15) is 0 Å². The van der Waals surface area contributed by atoms with E-state index >= 15 is 0 Å². The van der Waals surface area contributed by atoms with E-state index in [1.54, 1.807) is 13.8 Å². The molecule has 0 bridgehead atoms. The second-order valence-corrected chi connectivity index (χ2v) is 14.6. The summed E-state index contributed by atoms with van der Waals surface area (Å²) in [5.74, 6) is 0.554. The van der Waals surface area contributed by atoms with Gasteiger partial charge in [-0.25, -0.2) is 0 Å². The van der Waals surface area contributed by atoms with Crippen molar-refractivity contribution >= 4 is 11.6 Å². The minimum absolute atomic E-state index is 0.277. The van der Waals surface area contributed by atoms with E-state index in [1.165, 1.54) is 57.4 Å². The van der Waals surface area contributed by atoms with Crippen LogP contribution in [0.15, 0.2) is 93.2 Å². The highest BCUT2D eigenvalue weighted by molar-refractivity contribution is 5.75. The molecule has 0 aromatic rings. The van der Waals surface area contributed by atoms with Crippen LogP contribution < -0.4 is 0 Å². The fourth-order valence-corrected chi connectivity index (χ4v) is 5.02. The van der Waals surface area contributed by atoms with Gasteiger partial charge in [-0.15, -0.1) is 0 Å². The molecule has 0 amide bonds. The van der Waals surface area contributed by atoms with Gasteiger partial charge in [0.25, 0.3) is 0 Å². The second-order valence-electron chi connectivity index (χ2n) is 14.6. The van der Waals surface area contributed by atoms with Crippen molar-refractivity contribution in [3.05, 3.63) is 93.2 Å². The number of carbonyl (C=O) groups is 2. The number of rotatable bonds is 24. The Morgan fingerprint density at radius 1 is 0.271 bits per heavy atom. The molecule has 48 heavy (non-hydrogen) atoms. The van der Waals surface area contributed by atoms with E-state index in [1.807, 2.05) is 0 Å². The Hall–Kier alpha value is -2.74. The third-order valence-corrected chi connectivity index (χ3v) is 8.29. The van der Waals surface area contributed by atoms with E-state index < -0.39 is 0 Å². The van der Waals surface area contributed by atoms with Gasteiger partial charge in [0.2, 0.25) is 0 Å². The Labute approximate surface area is 299 Å². The molecule has 0 N–H and O–H groups in total. The average molecular weight is 661 g/mol. The van der Waals surface area contributed by atoms with E-state index in [9.17, 15) is 9.59 Å². The summed E-state index contributed by atoms with van der Waals surface area (Å²) in [6.07, 6.45) is 35.4. The first-order valence-corrected chi connectivity index (χ1v) is 18.8. The average Bonchev–Trinajstić information content (AvgIpc) is 2.96. The smallest absolute Gasteiger partial charge is 0.130 e. The Morgan fingerprint density at radius 2 is 0.438 bits per heavy atom. The van der Waals surface area contributed by atoms with Crippen molar-refractivity contribution < 1.29 is 9.59 Å². The lowest BCUT2D eigenvalue weighted by molar-refractivity contribution is -0.117. The van der Waals surface area contributed by atoms with Crippen molar-refractivity contribution in [2.24, 2.45) is 0 Å². The van der Waals surface area contributed by atoms with E-state index in [0.29, 0.717) is 12.8 Å².